The van der Waals surface area contributed by atoms with Gasteiger partial charge in [-0.1, -0.05) is 23.4 Å². The average Bonchev–Trinajstić information content (AvgIpc) is 2.96. The number of rotatable bonds is 5. The van der Waals surface area contributed by atoms with Gasteiger partial charge >= 0.3 is 0 Å². The molecule has 5 nitrogen and oxygen atoms in total. The predicted octanol–water partition coefficient (Wildman–Crippen LogP) is 4.45. The first-order chi connectivity index (χ1) is 12.0. The van der Waals surface area contributed by atoms with Gasteiger partial charge in [0.25, 0.3) is 0 Å². The van der Waals surface area contributed by atoms with Gasteiger partial charge in [0.15, 0.2) is 11.0 Å². The maximum absolute atomic E-state index is 5.95. The van der Waals surface area contributed by atoms with Gasteiger partial charge < -0.3 is 9.30 Å². The summed E-state index contributed by atoms with van der Waals surface area (Å²) >= 11 is 7.55. The van der Waals surface area contributed by atoms with Crippen LogP contribution in [0.2, 0.25) is 5.02 Å². The van der Waals surface area contributed by atoms with Crippen molar-refractivity contribution in [1.82, 2.24) is 19.7 Å². The third-order valence-corrected chi connectivity index (χ3v) is 5.31. The van der Waals surface area contributed by atoms with E-state index >= 15 is 0 Å². The first-order valence-electron chi connectivity index (χ1n) is 7.78. The standard InChI is InChI=1S/C18H19ClN4OS/c1-11-9-20-15(12(2)16(11)24-4)10-25-18-22-21-17(23(18)3)13-5-7-14(19)8-6-13/h5-9H,10H2,1-4H3. The minimum atomic E-state index is 0.703. The molecule has 130 valence electrons. The van der Waals surface area contributed by atoms with E-state index in [0.717, 1.165) is 39.1 Å². The summed E-state index contributed by atoms with van der Waals surface area (Å²) in [5.74, 6) is 2.41. The van der Waals surface area contributed by atoms with Crippen molar-refractivity contribution in [3.8, 4) is 17.1 Å². The smallest absolute Gasteiger partial charge is 0.191 e. The molecule has 0 bridgehead atoms. The minimum Gasteiger partial charge on any atom is -0.496 e. The van der Waals surface area contributed by atoms with Crippen molar-refractivity contribution in [2.75, 3.05) is 7.11 Å². The second-order valence-electron chi connectivity index (χ2n) is 5.71. The fourth-order valence-electron chi connectivity index (χ4n) is 2.64. The molecule has 7 heteroatoms. The van der Waals surface area contributed by atoms with Crippen molar-refractivity contribution >= 4 is 23.4 Å². The third-order valence-electron chi connectivity index (χ3n) is 4.03. The average molecular weight is 375 g/mol. The van der Waals surface area contributed by atoms with E-state index in [-0.39, 0.29) is 0 Å². The van der Waals surface area contributed by atoms with Gasteiger partial charge in [-0.25, -0.2) is 0 Å². The van der Waals surface area contributed by atoms with Crippen molar-refractivity contribution in [3.05, 3.63) is 52.3 Å². The largest absolute Gasteiger partial charge is 0.496 e. The monoisotopic (exact) mass is 374 g/mol. The fourth-order valence-corrected chi connectivity index (χ4v) is 3.70. The number of pyridine rings is 1. The molecule has 25 heavy (non-hydrogen) atoms. The number of ether oxygens (including phenoxy) is 1. The molecule has 0 radical (unpaired) electrons. The van der Waals surface area contributed by atoms with E-state index in [0.29, 0.717) is 10.8 Å². The number of halogens is 1. The first kappa shape index (κ1) is 17.8. The lowest BCUT2D eigenvalue weighted by molar-refractivity contribution is 0.407. The molecule has 0 amide bonds. The Kier molecular flexibility index (Phi) is 5.30. The van der Waals surface area contributed by atoms with E-state index in [1.807, 2.05) is 55.9 Å². The number of aryl methyl sites for hydroxylation is 1. The van der Waals surface area contributed by atoms with Gasteiger partial charge in [0.1, 0.15) is 5.75 Å². The topological polar surface area (TPSA) is 52.8 Å². The third kappa shape index (κ3) is 3.65. The van der Waals surface area contributed by atoms with E-state index in [9.17, 15) is 0 Å². The quantitative estimate of drug-likeness (QED) is 0.617. The fraction of sp³-hybridized carbons (Fsp3) is 0.278. The summed E-state index contributed by atoms with van der Waals surface area (Å²) in [6.07, 6.45) is 1.84. The first-order valence-corrected chi connectivity index (χ1v) is 9.14. The van der Waals surface area contributed by atoms with E-state index in [1.165, 1.54) is 0 Å². The summed E-state index contributed by atoms with van der Waals surface area (Å²) in [5.41, 5.74) is 4.08. The normalized spacial score (nSPS) is 10.9. The zero-order chi connectivity index (χ0) is 18.0. The van der Waals surface area contributed by atoms with Gasteiger partial charge in [-0.15, -0.1) is 10.2 Å². The highest BCUT2D eigenvalue weighted by molar-refractivity contribution is 7.98. The van der Waals surface area contributed by atoms with E-state index in [4.69, 9.17) is 16.3 Å². The number of benzene rings is 1. The zero-order valence-electron chi connectivity index (χ0n) is 14.6. The molecule has 3 rings (SSSR count). The van der Waals surface area contributed by atoms with Crippen molar-refractivity contribution in [1.29, 1.82) is 0 Å². The van der Waals surface area contributed by atoms with Crippen molar-refractivity contribution in [2.24, 2.45) is 7.05 Å². The van der Waals surface area contributed by atoms with Crippen LogP contribution >= 0.6 is 23.4 Å². The van der Waals surface area contributed by atoms with Gasteiger partial charge in [0.2, 0.25) is 0 Å². The SMILES string of the molecule is COc1c(C)cnc(CSc2nnc(-c3ccc(Cl)cc3)n2C)c1C. The molecule has 0 aliphatic rings. The Morgan fingerprint density at radius 2 is 1.88 bits per heavy atom. The second kappa shape index (κ2) is 7.45. The maximum atomic E-state index is 5.95. The molecule has 0 unspecified atom stereocenters. The van der Waals surface area contributed by atoms with Crippen LogP contribution in [0.15, 0.2) is 35.6 Å². The summed E-state index contributed by atoms with van der Waals surface area (Å²) < 4.78 is 7.45. The van der Waals surface area contributed by atoms with Gasteiger partial charge in [-0.3, -0.25) is 4.98 Å². The van der Waals surface area contributed by atoms with Crippen LogP contribution in [-0.4, -0.2) is 26.9 Å². The Morgan fingerprint density at radius 3 is 2.56 bits per heavy atom. The van der Waals surface area contributed by atoms with Crippen LogP contribution in [0.25, 0.3) is 11.4 Å². The molecule has 0 N–H and O–H groups in total. The van der Waals surface area contributed by atoms with Crippen LogP contribution in [0.5, 0.6) is 5.75 Å². The van der Waals surface area contributed by atoms with Crippen molar-refractivity contribution < 1.29 is 4.74 Å². The summed E-state index contributed by atoms with van der Waals surface area (Å²) in [7, 11) is 3.65. The number of aromatic nitrogens is 4. The highest BCUT2D eigenvalue weighted by atomic mass is 35.5. The molecule has 1 aromatic carbocycles. The highest BCUT2D eigenvalue weighted by Crippen LogP contribution is 2.29. The van der Waals surface area contributed by atoms with Crippen LogP contribution < -0.4 is 4.74 Å². The molecular weight excluding hydrogens is 356 g/mol. The van der Waals surface area contributed by atoms with E-state index < -0.39 is 0 Å². The summed E-state index contributed by atoms with van der Waals surface area (Å²) in [6, 6.07) is 7.59. The Bertz CT molecular complexity index is 893. The summed E-state index contributed by atoms with van der Waals surface area (Å²) in [4.78, 5) is 4.53. The number of methoxy groups -OCH3 is 1. The Balaban J connectivity index is 1.80. The van der Waals surface area contributed by atoms with Gasteiger partial charge in [0.05, 0.1) is 12.8 Å². The van der Waals surface area contributed by atoms with Crippen LogP contribution in [-0.2, 0) is 12.8 Å². The lowest BCUT2D eigenvalue weighted by Gasteiger charge is -2.11. The van der Waals surface area contributed by atoms with Crippen LogP contribution in [0.4, 0.5) is 0 Å². The molecule has 0 aliphatic heterocycles. The van der Waals surface area contributed by atoms with Crippen molar-refractivity contribution in [3.63, 3.8) is 0 Å². The van der Waals surface area contributed by atoms with E-state index in [2.05, 4.69) is 15.2 Å². The predicted molar refractivity (Wildman–Crippen MR) is 101 cm³/mol. The molecule has 0 atom stereocenters. The van der Waals surface area contributed by atoms with Gasteiger partial charge in [0, 0.05) is 40.7 Å². The number of nitrogens with zero attached hydrogens (tertiary/aromatic N) is 4. The molecule has 2 aromatic heterocycles. The molecular formula is C18H19ClN4OS. The summed E-state index contributed by atoms with van der Waals surface area (Å²) in [6.45, 7) is 4.03. The molecule has 0 saturated heterocycles. The van der Waals surface area contributed by atoms with Crippen LogP contribution in [0, 0.1) is 13.8 Å². The van der Waals surface area contributed by atoms with Crippen LogP contribution in [0.1, 0.15) is 16.8 Å². The van der Waals surface area contributed by atoms with Crippen LogP contribution in [0.3, 0.4) is 0 Å². The zero-order valence-corrected chi connectivity index (χ0v) is 16.1. The number of hydrogen-bond acceptors (Lipinski definition) is 5. The van der Waals surface area contributed by atoms with Gasteiger partial charge in [-0.05, 0) is 38.1 Å². The Morgan fingerprint density at radius 1 is 1.16 bits per heavy atom. The Hall–Kier alpha value is -2.05. The molecule has 2 heterocycles. The number of thioether (sulfide) groups is 1. The molecule has 0 fully saturated rings. The molecule has 3 aromatic rings. The van der Waals surface area contributed by atoms with E-state index in [1.54, 1.807) is 18.9 Å². The number of hydrogen-bond donors (Lipinski definition) is 0. The molecule has 0 spiro atoms. The maximum Gasteiger partial charge on any atom is 0.191 e. The Labute approximate surface area is 156 Å². The lowest BCUT2D eigenvalue weighted by Crippen LogP contribution is -2.00. The summed E-state index contributed by atoms with van der Waals surface area (Å²) in [5, 5.41) is 10.1. The molecule has 0 saturated carbocycles. The van der Waals surface area contributed by atoms with Gasteiger partial charge in [-0.2, -0.15) is 0 Å². The molecule has 0 aliphatic carbocycles. The highest BCUT2D eigenvalue weighted by Gasteiger charge is 2.14. The minimum absolute atomic E-state index is 0.703. The lowest BCUT2D eigenvalue weighted by atomic mass is 10.1. The second-order valence-corrected chi connectivity index (χ2v) is 7.09. The van der Waals surface area contributed by atoms with Crippen molar-refractivity contribution in [2.45, 2.75) is 24.8 Å².